The third-order valence-electron chi connectivity index (χ3n) is 3.23. The molecule has 2 heterocycles. The van der Waals surface area contributed by atoms with Crippen molar-refractivity contribution in [2.75, 3.05) is 26.7 Å². The van der Waals surface area contributed by atoms with E-state index < -0.39 is 0 Å². The molecule has 1 fully saturated rings. The van der Waals surface area contributed by atoms with Crippen molar-refractivity contribution >= 4 is 11.3 Å². The number of nitrogens with one attached hydrogen (secondary N) is 1. The molecule has 0 spiro atoms. The lowest BCUT2D eigenvalue weighted by Crippen LogP contribution is -2.28. The van der Waals surface area contributed by atoms with Gasteiger partial charge in [-0.05, 0) is 43.4 Å². The number of thiophene rings is 1. The third kappa shape index (κ3) is 3.03. The first kappa shape index (κ1) is 11.1. The van der Waals surface area contributed by atoms with Gasteiger partial charge in [-0.2, -0.15) is 0 Å². The Morgan fingerprint density at radius 2 is 2.40 bits per heavy atom. The second-order valence-corrected chi connectivity index (χ2v) is 5.70. The summed E-state index contributed by atoms with van der Waals surface area (Å²) in [5.74, 6) is 1.66. The maximum Gasteiger partial charge on any atom is 0.0324 e. The summed E-state index contributed by atoms with van der Waals surface area (Å²) in [6.45, 7) is 7.05. The molecule has 1 N–H and O–H groups in total. The molecule has 2 rings (SSSR count). The number of hydrogen-bond acceptors (Lipinski definition) is 3. The molecule has 2 atom stereocenters. The van der Waals surface area contributed by atoms with Crippen LogP contribution in [0.25, 0.3) is 0 Å². The fraction of sp³-hybridized carbons (Fsp3) is 0.667. The quantitative estimate of drug-likeness (QED) is 0.842. The van der Waals surface area contributed by atoms with E-state index in [-0.39, 0.29) is 0 Å². The largest absolute Gasteiger partial charge is 0.316 e. The molecule has 0 saturated carbocycles. The van der Waals surface area contributed by atoms with Gasteiger partial charge < -0.3 is 10.2 Å². The average molecular weight is 224 g/mol. The molecule has 1 aromatic rings. The summed E-state index contributed by atoms with van der Waals surface area (Å²) in [5, 5.41) is 5.62. The van der Waals surface area contributed by atoms with Gasteiger partial charge in [0.25, 0.3) is 0 Å². The minimum atomic E-state index is 0.829. The van der Waals surface area contributed by atoms with Crippen LogP contribution < -0.4 is 5.32 Å². The molecule has 0 radical (unpaired) electrons. The van der Waals surface area contributed by atoms with Gasteiger partial charge >= 0.3 is 0 Å². The summed E-state index contributed by atoms with van der Waals surface area (Å²) in [5.41, 5.74) is 0. The van der Waals surface area contributed by atoms with E-state index in [1.807, 2.05) is 11.3 Å². The summed E-state index contributed by atoms with van der Waals surface area (Å²) < 4.78 is 0. The van der Waals surface area contributed by atoms with E-state index >= 15 is 0 Å². The standard InChI is InChI=1S/C12H20N2S/c1-10-6-13-7-11(10)8-14(2)9-12-4-3-5-15-12/h3-5,10-11,13H,6-9H2,1-2H3. The van der Waals surface area contributed by atoms with Crippen molar-refractivity contribution in [1.82, 2.24) is 10.2 Å². The topological polar surface area (TPSA) is 15.3 Å². The van der Waals surface area contributed by atoms with Gasteiger partial charge in [0.2, 0.25) is 0 Å². The molecule has 84 valence electrons. The Hall–Kier alpha value is -0.380. The minimum Gasteiger partial charge on any atom is -0.316 e. The van der Waals surface area contributed by atoms with E-state index in [2.05, 4.69) is 41.7 Å². The lowest BCUT2D eigenvalue weighted by molar-refractivity contribution is 0.254. The molecule has 3 heteroatoms. The fourth-order valence-corrected chi connectivity index (χ4v) is 3.03. The number of hydrogen-bond donors (Lipinski definition) is 1. The van der Waals surface area contributed by atoms with Gasteiger partial charge in [-0.25, -0.2) is 0 Å². The van der Waals surface area contributed by atoms with Crippen molar-refractivity contribution in [2.24, 2.45) is 11.8 Å². The van der Waals surface area contributed by atoms with E-state index in [4.69, 9.17) is 0 Å². The molecule has 0 amide bonds. The molecular formula is C12H20N2S. The van der Waals surface area contributed by atoms with Crippen LogP contribution in [0.15, 0.2) is 17.5 Å². The Balaban J connectivity index is 1.79. The molecule has 1 aliphatic rings. The van der Waals surface area contributed by atoms with E-state index in [9.17, 15) is 0 Å². The first-order valence-electron chi connectivity index (χ1n) is 5.67. The average Bonchev–Trinajstić information content (AvgIpc) is 2.79. The van der Waals surface area contributed by atoms with E-state index in [1.54, 1.807) is 0 Å². The number of nitrogens with zero attached hydrogens (tertiary/aromatic N) is 1. The molecule has 0 aromatic carbocycles. The zero-order valence-electron chi connectivity index (χ0n) is 9.57. The molecule has 2 unspecified atom stereocenters. The SMILES string of the molecule is CC1CNCC1CN(C)Cc1cccs1. The van der Waals surface area contributed by atoms with Crippen LogP contribution in [0.5, 0.6) is 0 Å². The monoisotopic (exact) mass is 224 g/mol. The van der Waals surface area contributed by atoms with Gasteiger partial charge in [-0.15, -0.1) is 11.3 Å². The maximum absolute atomic E-state index is 3.46. The first-order chi connectivity index (χ1) is 7.25. The maximum atomic E-state index is 3.46. The molecule has 1 saturated heterocycles. The molecule has 15 heavy (non-hydrogen) atoms. The van der Waals surface area contributed by atoms with Crippen LogP contribution in [-0.2, 0) is 6.54 Å². The van der Waals surface area contributed by atoms with Crippen LogP contribution in [0.2, 0.25) is 0 Å². The second-order valence-electron chi connectivity index (χ2n) is 4.67. The van der Waals surface area contributed by atoms with Crippen LogP contribution in [-0.4, -0.2) is 31.6 Å². The zero-order chi connectivity index (χ0) is 10.7. The van der Waals surface area contributed by atoms with Gasteiger partial charge in [0.15, 0.2) is 0 Å². The number of rotatable bonds is 4. The van der Waals surface area contributed by atoms with Gasteiger partial charge in [0.05, 0.1) is 0 Å². The summed E-state index contributed by atoms with van der Waals surface area (Å²) >= 11 is 1.85. The molecule has 0 bridgehead atoms. The van der Waals surface area contributed by atoms with E-state index in [1.165, 1.54) is 24.5 Å². The molecular weight excluding hydrogens is 204 g/mol. The molecule has 1 aromatic heterocycles. The van der Waals surface area contributed by atoms with Crippen molar-refractivity contribution in [3.8, 4) is 0 Å². The highest BCUT2D eigenvalue weighted by Crippen LogP contribution is 2.18. The zero-order valence-corrected chi connectivity index (χ0v) is 10.4. The summed E-state index contributed by atoms with van der Waals surface area (Å²) in [6, 6.07) is 4.35. The van der Waals surface area contributed by atoms with Gasteiger partial charge in [0.1, 0.15) is 0 Å². The Kier molecular flexibility index (Phi) is 3.78. The van der Waals surface area contributed by atoms with Crippen molar-refractivity contribution in [3.63, 3.8) is 0 Å². The highest BCUT2D eigenvalue weighted by molar-refractivity contribution is 7.09. The van der Waals surface area contributed by atoms with Crippen molar-refractivity contribution in [2.45, 2.75) is 13.5 Å². The van der Waals surface area contributed by atoms with Crippen LogP contribution >= 0.6 is 11.3 Å². The van der Waals surface area contributed by atoms with Crippen molar-refractivity contribution < 1.29 is 0 Å². The Bertz CT molecular complexity index is 284. The minimum absolute atomic E-state index is 0.829. The second kappa shape index (κ2) is 5.10. The van der Waals surface area contributed by atoms with Gasteiger partial charge in [-0.1, -0.05) is 13.0 Å². The predicted octanol–water partition coefficient (Wildman–Crippen LogP) is 2.04. The van der Waals surface area contributed by atoms with Crippen LogP contribution in [0.4, 0.5) is 0 Å². The molecule has 1 aliphatic heterocycles. The predicted molar refractivity (Wildman–Crippen MR) is 66.2 cm³/mol. The Labute approximate surface area is 96.3 Å². The normalized spacial score (nSPS) is 26.3. The summed E-state index contributed by atoms with van der Waals surface area (Å²) in [7, 11) is 2.23. The summed E-state index contributed by atoms with van der Waals surface area (Å²) in [6.07, 6.45) is 0. The molecule has 0 aliphatic carbocycles. The van der Waals surface area contributed by atoms with Crippen molar-refractivity contribution in [1.29, 1.82) is 0 Å². The lowest BCUT2D eigenvalue weighted by Gasteiger charge is -2.22. The van der Waals surface area contributed by atoms with Gasteiger partial charge in [0, 0.05) is 18.0 Å². The first-order valence-corrected chi connectivity index (χ1v) is 6.55. The highest BCUT2D eigenvalue weighted by atomic mass is 32.1. The van der Waals surface area contributed by atoms with Crippen molar-refractivity contribution in [3.05, 3.63) is 22.4 Å². The van der Waals surface area contributed by atoms with E-state index in [0.29, 0.717) is 0 Å². The van der Waals surface area contributed by atoms with Gasteiger partial charge in [-0.3, -0.25) is 0 Å². The Morgan fingerprint density at radius 3 is 3.00 bits per heavy atom. The third-order valence-corrected chi connectivity index (χ3v) is 4.09. The summed E-state index contributed by atoms with van der Waals surface area (Å²) in [4.78, 5) is 3.91. The van der Waals surface area contributed by atoms with Crippen LogP contribution in [0.1, 0.15) is 11.8 Å². The lowest BCUT2D eigenvalue weighted by atomic mass is 9.98. The van der Waals surface area contributed by atoms with E-state index in [0.717, 1.165) is 18.4 Å². The Morgan fingerprint density at radius 1 is 1.53 bits per heavy atom. The smallest absolute Gasteiger partial charge is 0.0324 e. The fourth-order valence-electron chi connectivity index (χ4n) is 2.24. The molecule has 2 nitrogen and oxygen atoms in total. The van der Waals surface area contributed by atoms with Crippen LogP contribution in [0.3, 0.4) is 0 Å². The van der Waals surface area contributed by atoms with Crippen LogP contribution in [0, 0.1) is 11.8 Å². The highest BCUT2D eigenvalue weighted by Gasteiger charge is 2.23.